The molecule has 0 bridgehead atoms. The van der Waals surface area contributed by atoms with Gasteiger partial charge in [-0.2, -0.15) is 0 Å². The summed E-state index contributed by atoms with van der Waals surface area (Å²) in [7, 11) is 0. The molecule has 0 fully saturated rings. The van der Waals surface area contributed by atoms with E-state index in [2.05, 4.69) is 31.6 Å². The number of ether oxygens (including phenoxy) is 2. The van der Waals surface area contributed by atoms with Crippen molar-refractivity contribution in [1.29, 1.82) is 0 Å². The minimum Gasteiger partial charge on any atom is -0.444 e. The summed E-state index contributed by atoms with van der Waals surface area (Å²) in [5.74, 6) is -2.87. The van der Waals surface area contributed by atoms with E-state index in [9.17, 15) is 28.8 Å². The quantitative estimate of drug-likeness (QED) is 0.0355. The largest absolute Gasteiger partial charge is 0.444 e. The Labute approximate surface area is 376 Å². The van der Waals surface area contributed by atoms with E-state index in [1.165, 1.54) is 6.92 Å². The van der Waals surface area contributed by atoms with Gasteiger partial charge in [-0.3, -0.25) is 34.8 Å². The predicted octanol–water partition coefficient (Wildman–Crippen LogP) is 5.73. The fourth-order valence-corrected chi connectivity index (χ4v) is 7.00. The van der Waals surface area contributed by atoms with Crippen molar-refractivity contribution in [2.75, 3.05) is 6.54 Å². The first-order valence-corrected chi connectivity index (χ1v) is 21.1. The summed E-state index contributed by atoms with van der Waals surface area (Å²) in [6.07, 6.45) is -1.53. The maximum absolute atomic E-state index is 14.1. The van der Waals surface area contributed by atoms with Crippen LogP contribution in [-0.4, -0.2) is 66.4 Å². The van der Waals surface area contributed by atoms with Crippen LogP contribution < -0.4 is 32.3 Å². The number of amides is 6. The minimum atomic E-state index is -1.25. The molecule has 7 N–H and O–H groups in total. The van der Waals surface area contributed by atoms with Crippen LogP contribution in [0.1, 0.15) is 42.0 Å². The molecule has 0 spiro atoms. The highest BCUT2D eigenvalue weighted by Gasteiger charge is 2.29. The summed E-state index contributed by atoms with van der Waals surface area (Å²) in [6.45, 7) is 1.11. The predicted molar refractivity (Wildman–Crippen MR) is 247 cm³/mol. The molecule has 65 heavy (non-hydrogen) atoms. The van der Waals surface area contributed by atoms with E-state index in [4.69, 9.17) is 15.2 Å². The van der Waals surface area contributed by atoms with Gasteiger partial charge < -0.3 is 31.2 Å². The number of primary amides is 1. The van der Waals surface area contributed by atoms with Crippen molar-refractivity contribution < 1.29 is 38.2 Å². The summed E-state index contributed by atoms with van der Waals surface area (Å²) in [5, 5.41) is 17.0. The second kappa shape index (κ2) is 23.4. The van der Waals surface area contributed by atoms with Gasteiger partial charge in [0.15, 0.2) is 0 Å². The SMILES string of the molecule is CC(=O)N[C@H](Cc1ccc2ccccc2c1)C(=O)N[C@@H](CCCN=C(NC(=O)OCc1ccccc1)NC(=O)OCc1ccccc1)C(=O)N[C@H](Cc1ccc2ccccc2c1)C(N)=O. The molecule has 15 heteroatoms. The highest BCUT2D eigenvalue weighted by atomic mass is 16.6. The van der Waals surface area contributed by atoms with Crippen molar-refractivity contribution >= 4 is 63.3 Å². The average Bonchev–Trinajstić information content (AvgIpc) is 3.31. The zero-order valence-electron chi connectivity index (χ0n) is 35.8. The molecule has 0 aliphatic carbocycles. The first kappa shape index (κ1) is 46.4. The van der Waals surface area contributed by atoms with Crippen molar-refractivity contribution in [3.8, 4) is 0 Å². The normalized spacial score (nSPS) is 12.1. The molecule has 0 saturated carbocycles. The van der Waals surface area contributed by atoms with Crippen LogP contribution in [-0.2, 0) is 54.7 Å². The maximum Gasteiger partial charge on any atom is 0.414 e. The number of rotatable bonds is 18. The number of nitrogens with two attached hydrogens (primary N) is 1. The summed E-state index contributed by atoms with van der Waals surface area (Å²) in [6, 6.07) is 41.4. The van der Waals surface area contributed by atoms with E-state index < -0.39 is 53.9 Å². The first-order chi connectivity index (χ1) is 31.5. The number of hydrogen-bond acceptors (Lipinski definition) is 9. The lowest BCUT2D eigenvalue weighted by Crippen LogP contribution is -2.57. The van der Waals surface area contributed by atoms with Crippen LogP contribution in [0.5, 0.6) is 0 Å². The molecule has 0 radical (unpaired) electrons. The Morgan fingerprint density at radius 1 is 0.523 bits per heavy atom. The number of nitrogens with one attached hydrogen (secondary N) is 5. The molecule has 0 aliphatic rings. The number of nitrogens with zero attached hydrogens (tertiary/aromatic N) is 1. The first-order valence-electron chi connectivity index (χ1n) is 21.1. The fraction of sp³-hybridized carbons (Fsp3) is 0.220. The van der Waals surface area contributed by atoms with Crippen LogP contribution in [0.4, 0.5) is 9.59 Å². The van der Waals surface area contributed by atoms with Crippen LogP contribution in [0.25, 0.3) is 21.5 Å². The highest BCUT2D eigenvalue weighted by Crippen LogP contribution is 2.19. The van der Waals surface area contributed by atoms with Crippen molar-refractivity contribution in [3.05, 3.63) is 168 Å². The van der Waals surface area contributed by atoms with Crippen molar-refractivity contribution in [2.45, 2.75) is 63.9 Å². The van der Waals surface area contributed by atoms with Gasteiger partial charge in [0.05, 0.1) is 0 Å². The molecular formula is C50H51N7O8. The van der Waals surface area contributed by atoms with Crippen LogP contribution in [0.2, 0.25) is 0 Å². The third kappa shape index (κ3) is 14.8. The van der Waals surface area contributed by atoms with Gasteiger partial charge in [-0.05, 0) is 56.6 Å². The number of hydrogen-bond donors (Lipinski definition) is 6. The number of carbonyl (C=O) groups excluding carboxylic acids is 6. The molecule has 15 nitrogen and oxygen atoms in total. The van der Waals surface area contributed by atoms with Crippen LogP contribution in [0, 0.1) is 0 Å². The summed E-state index contributed by atoms with van der Waals surface area (Å²) in [4.78, 5) is 83.5. The smallest absolute Gasteiger partial charge is 0.414 e. The summed E-state index contributed by atoms with van der Waals surface area (Å²) in [5.41, 5.74) is 8.81. The second-order valence-electron chi connectivity index (χ2n) is 15.3. The number of guanidine groups is 1. The van der Waals surface area contributed by atoms with Crippen molar-refractivity contribution in [1.82, 2.24) is 26.6 Å². The van der Waals surface area contributed by atoms with E-state index in [-0.39, 0.29) is 51.4 Å². The van der Waals surface area contributed by atoms with Gasteiger partial charge in [0, 0.05) is 26.3 Å². The maximum atomic E-state index is 14.1. The lowest BCUT2D eigenvalue weighted by molar-refractivity contribution is -0.133. The fourth-order valence-electron chi connectivity index (χ4n) is 7.00. The summed E-state index contributed by atoms with van der Waals surface area (Å²) < 4.78 is 10.7. The Hall–Kier alpha value is -8.07. The van der Waals surface area contributed by atoms with Gasteiger partial charge in [-0.25, -0.2) is 9.59 Å². The Kier molecular flexibility index (Phi) is 16.7. The number of carbonyl (C=O) groups is 6. The van der Waals surface area contributed by atoms with Crippen LogP contribution in [0.3, 0.4) is 0 Å². The van der Waals surface area contributed by atoms with E-state index in [0.717, 1.165) is 43.8 Å². The average molecular weight is 878 g/mol. The summed E-state index contributed by atoms with van der Waals surface area (Å²) >= 11 is 0. The molecular weight excluding hydrogens is 827 g/mol. The molecule has 0 heterocycles. The van der Waals surface area contributed by atoms with Gasteiger partial charge in [0.1, 0.15) is 31.3 Å². The highest BCUT2D eigenvalue weighted by molar-refractivity contribution is 6.01. The molecule has 3 atom stereocenters. The molecule has 6 amide bonds. The number of alkyl carbamates (subject to hydrolysis) is 2. The molecule has 0 aliphatic heterocycles. The lowest BCUT2D eigenvalue weighted by Gasteiger charge is -2.25. The number of benzene rings is 6. The Morgan fingerprint density at radius 3 is 1.46 bits per heavy atom. The van der Waals surface area contributed by atoms with Gasteiger partial charge in [0.2, 0.25) is 29.6 Å². The lowest BCUT2D eigenvalue weighted by atomic mass is 10.00. The second-order valence-corrected chi connectivity index (χ2v) is 15.3. The Balaban J connectivity index is 1.19. The van der Waals surface area contributed by atoms with Crippen molar-refractivity contribution in [3.63, 3.8) is 0 Å². The zero-order valence-corrected chi connectivity index (χ0v) is 35.8. The third-order valence-electron chi connectivity index (χ3n) is 10.3. The number of aliphatic imine (C=N–C) groups is 1. The Bertz CT molecular complexity index is 2580. The zero-order chi connectivity index (χ0) is 46.0. The van der Waals surface area contributed by atoms with Gasteiger partial charge >= 0.3 is 12.2 Å². The third-order valence-corrected chi connectivity index (χ3v) is 10.3. The molecule has 6 rings (SSSR count). The van der Waals surface area contributed by atoms with Crippen molar-refractivity contribution in [2.24, 2.45) is 10.7 Å². The minimum absolute atomic E-state index is 0.0323. The molecule has 6 aromatic carbocycles. The van der Waals surface area contributed by atoms with Gasteiger partial charge in [-0.15, -0.1) is 0 Å². The monoisotopic (exact) mass is 877 g/mol. The van der Waals surface area contributed by atoms with Gasteiger partial charge in [-0.1, -0.05) is 146 Å². The van der Waals surface area contributed by atoms with Gasteiger partial charge in [0.25, 0.3) is 0 Å². The van der Waals surface area contributed by atoms with Crippen LogP contribution >= 0.6 is 0 Å². The molecule has 0 unspecified atom stereocenters. The molecule has 0 saturated heterocycles. The van der Waals surface area contributed by atoms with E-state index >= 15 is 0 Å². The van der Waals surface area contributed by atoms with E-state index in [0.29, 0.717) is 0 Å². The molecule has 0 aromatic heterocycles. The number of fused-ring (bicyclic) bond motifs is 2. The standard InChI is InChI=1S/C50H51N7O8/c1-33(58)53-44(30-37-23-25-39-18-9-11-20-41(39)28-37)47(61)54-42(46(60)55-43(45(51)59)29-36-22-24-38-17-8-10-19-40(38)27-36)21-12-26-52-48(56-49(62)64-31-34-13-4-2-5-14-34)57-50(63)65-32-35-15-6-3-7-16-35/h2-11,13-20,22-25,27-28,42-44H,12,21,26,29-32H2,1H3,(H2,51,59)(H,53,58)(H,54,61)(H,55,60)(H2,52,56,57,62,63)/t42-,43+,44+/m0/s1. The molecule has 6 aromatic rings. The van der Waals surface area contributed by atoms with E-state index in [1.54, 1.807) is 48.5 Å². The Morgan fingerprint density at radius 2 is 0.969 bits per heavy atom. The van der Waals surface area contributed by atoms with E-state index in [1.807, 2.05) is 97.1 Å². The molecule has 334 valence electrons. The topological polar surface area (TPSA) is 219 Å². The van der Waals surface area contributed by atoms with Crippen LogP contribution in [0.15, 0.2) is 151 Å².